The van der Waals surface area contributed by atoms with Gasteiger partial charge in [0.25, 0.3) is 0 Å². The maximum Gasteiger partial charge on any atom is 1.00 e. The Kier molecular flexibility index (Phi) is 15.7. The zero-order valence-corrected chi connectivity index (χ0v) is 14.0. The molecule has 2 atom stereocenters. The van der Waals surface area contributed by atoms with Crippen molar-refractivity contribution in [3.8, 4) is 0 Å². The van der Waals surface area contributed by atoms with E-state index in [2.05, 4.69) is 0 Å². The number of hydrogen-bond acceptors (Lipinski definition) is 7. The van der Waals surface area contributed by atoms with Gasteiger partial charge in [0.15, 0.2) is 0 Å². The summed E-state index contributed by atoms with van der Waals surface area (Å²) in [4.78, 5) is 19.6. The first kappa shape index (κ1) is 21.4. The first-order valence-corrected chi connectivity index (χ1v) is 2.84. The van der Waals surface area contributed by atoms with Gasteiger partial charge in [0.2, 0.25) is 0 Å². The van der Waals surface area contributed by atoms with Gasteiger partial charge in [-0.3, -0.25) is 0 Å². The molecule has 0 unspecified atom stereocenters. The quantitative estimate of drug-likeness (QED) is 0.424. The van der Waals surface area contributed by atoms with E-state index in [1.807, 2.05) is 0 Å². The van der Waals surface area contributed by atoms with Gasteiger partial charge in [0.1, 0.15) is 18.3 Å². The number of carbonyl (C=O) groups is 2. The van der Waals surface area contributed by atoms with Crippen molar-refractivity contribution >= 4 is 11.9 Å². The van der Waals surface area contributed by atoms with Gasteiger partial charge in [0, 0.05) is 0 Å². The molecule has 0 radical (unpaired) electrons. The number of carbonyl (C=O) groups excluding carboxylic acids is 2. The number of aliphatic hydroxyl groups excluding tert-OH is 3. The summed E-state index contributed by atoms with van der Waals surface area (Å²) in [5.41, 5.74) is 0. The normalized spacial score (nSPS) is 13.4. The van der Waals surface area contributed by atoms with Crippen LogP contribution in [0.5, 0.6) is 0 Å². The Morgan fingerprint density at radius 2 is 1.07 bits per heavy atom. The fourth-order valence-electron chi connectivity index (χ4n) is 0.452. The van der Waals surface area contributed by atoms with Crippen molar-refractivity contribution in [2.45, 2.75) is 18.3 Å². The fraction of sp³-hybridized carbons (Fsp3) is 0.600. The summed E-state index contributed by atoms with van der Waals surface area (Å²) in [6, 6.07) is 0. The number of rotatable bonds is 4. The van der Waals surface area contributed by atoms with E-state index in [1.165, 1.54) is 0 Å². The molecule has 14 heavy (non-hydrogen) atoms. The predicted octanol–water partition coefficient (Wildman–Crippen LogP) is -11.4. The fourth-order valence-corrected chi connectivity index (χ4v) is 0.452. The van der Waals surface area contributed by atoms with Crippen molar-refractivity contribution in [3.05, 3.63) is 0 Å². The molecule has 0 aromatic heterocycles. The third-order valence-electron chi connectivity index (χ3n) is 1.13. The molecule has 0 heterocycles. The summed E-state index contributed by atoms with van der Waals surface area (Å²) >= 11 is 0. The van der Waals surface area contributed by atoms with Crippen LogP contribution in [0.2, 0.25) is 0 Å². The third kappa shape index (κ3) is 7.38. The van der Waals surface area contributed by atoms with E-state index in [0.717, 1.165) is 0 Å². The average Bonchev–Trinajstić information content (AvgIpc) is 2.00. The van der Waals surface area contributed by atoms with E-state index in [4.69, 9.17) is 15.3 Å². The second kappa shape index (κ2) is 10.3. The van der Waals surface area contributed by atoms with E-state index >= 15 is 0 Å². The van der Waals surface area contributed by atoms with Gasteiger partial charge >= 0.3 is 103 Å². The molecule has 70 valence electrons. The summed E-state index contributed by atoms with van der Waals surface area (Å²) in [6.45, 7) is 0. The third-order valence-corrected chi connectivity index (χ3v) is 1.13. The largest absolute Gasteiger partial charge is 1.00 e. The summed E-state index contributed by atoms with van der Waals surface area (Å²) in [7, 11) is 0. The van der Waals surface area contributed by atoms with Crippen LogP contribution in [-0.2, 0) is 9.59 Å². The van der Waals surface area contributed by atoms with Crippen molar-refractivity contribution in [2.24, 2.45) is 0 Å². The zero-order valence-electron chi connectivity index (χ0n) is 7.71. The maximum atomic E-state index is 9.82. The van der Waals surface area contributed by atoms with Gasteiger partial charge in [-0.15, -0.1) is 0 Å². The summed E-state index contributed by atoms with van der Waals surface area (Å²) in [5, 5.41) is 45.1. The van der Waals surface area contributed by atoms with Crippen LogP contribution in [0.25, 0.3) is 0 Å². The Morgan fingerprint density at radius 1 is 0.857 bits per heavy atom. The van der Waals surface area contributed by atoms with Crippen LogP contribution >= 0.6 is 0 Å². The molecule has 0 rings (SSSR count). The van der Waals surface area contributed by atoms with Crippen LogP contribution in [0.4, 0.5) is 0 Å². The van der Waals surface area contributed by atoms with E-state index in [9.17, 15) is 19.8 Å². The number of aliphatic carboxylic acids is 2. The molecule has 0 fully saturated rings. The maximum absolute atomic E-state index is 9.82. The van der Waals surface area contributed by atoms with Gasteiger partial charge in [-0.2, -0.15) is 0 Å². The van der Waals surface area contributed by atoms with Crippen LogP contribution in [-0.4, -0.2) is 45.6 Å². The molecule has 9 heteroatoms. The minimum absolute atomic E-state index is 0. The van der Waals surface area contributed by atoms with Gasteiger partial charge in [-0.05, 0) is 0 Å². The summed E-state index contributed by atoms with van der Waals surface area (Å²) in [6.07, 6.45) is -7.28. The molecule has 0 spiro atoms. The summed E-state index contributed by atoms with van der Waals surface area (Å²) < 4.78 is 0. The molecule has 7 nitrogen and oxygen atoms in total. The number of carboxylic acid groups (broad SMARTS) is 2. The molecule has 0 saturated carbocycles. The Morgan fingerprint density at radius 3 is 1.21 bits per heavy atom. The van der Waals surface area contributed by atoms with Crippen molar-refractivity contribution < 1.29 is 138 Å². The van der Waals surface area contributed by atoms with Gasteiger partial charge in [-0.25, -0.2) is 0 Å². The molecule has 3 N–H and O–H groups in total. The summed E-state index contributed by atoms with van der Waals surface area (Å²) in [5.74, 6) is -4.16. The Balaban J connectivity index is -0.000000605. The van der Waals surface area contributed by atoms with Gasteiger partial charge in [-0.1, -0.05) is 0 Å². The van der Waals surface area contributed by atoms with Crippen molar-refractivity contribution in [1.82, 2.24) is 0 Å². The second-order valence-electron chi connectivity index (χ2n) is 2.02. The molecule has 0 aliphatic carbocycles. The smallest absolute Gasteiger partial charge is 0.547 e. The van der Waals surface area contributed by atoms with Crippen molar-refractivity contribution in [2.75, 3.05) is 0 Å². The van der Waals surface area contributed by atoms with Crippen molar-refractivity contribution in [3.63, 3.8) is 0 Å². The molecular formula is C5H6K2O7. The number of carboxylic acids is 2. The number of aliphatic hydroxyl groups is 3. The first-order chi connectivity index (χ1) is 5.37. The Hall–Kier alpha value is 2.09. The van der Waals surface area contributed by atoms with Crippen LogP contribution in [0.15, 0.2) is 0 Å². The second-order valence-corrected chi connectivity index (χ2v) is 2.02. The molecule has 0 aromatic carbocycles. The van der Waals surface area contributed by atoms with E-state index in [0.29, 0.717) is 0 Å². The molecule has 0 amide bonds. The van der Waals surface area contributed by atoms with E-state index < -0.39 is 30.3 Å². The SMILES string of the molecule is O=C([O-])[C@H](O)C(O)[C@@H](O)C(=O)[O-].[K+].[K+]. The zero-order chi connectivity index (χ0) is 9.89. The van der Waals surface area contributed by atoms with E-state index in [-0.39, 0.29) is 103 Å². The monoisotopic (exact) mass is 256 g/mol. The van der Waals surface area contributed by atoms with Crippen molar-refractivity contribution in [1.29, 1.82) is 0 Å². The minimum Gasteiger partial charge on any atom is -0.547 e. The molecule has 0 aliphatic rings. The minimum atomic E-state index is -2.46. The molecule has 0 bridgehead atoms. The first-order valence-electron chi connectivity index (χ1n) is 2.84. The van der Waals surface area contributed by atoms with Crippen LogP contribution in [0.3, 0.4) is 0 Å². The van der Waals surface area contributed by atoms with Crippen LogP contribution < -0.4 is 113 Å². The molecular weight excluding hydrogens is 250 g/mol. The Bertz CT molecular complexity index is 177. The molecule has 0 aliphatic heterocycles. The topological polar surface area (TPSA) is 141 Å². The molecule has 0 aromatic rings. The van der Waals surface area contributed by atoms with Gasteiger partial charge < -0.3 is 35.1 Å². The standard InChI is InChI=1S/C5H8O7.2K/c6-1(2(7)4(9)10)3(8)5(11)12;;/h1-3,6-8H,(H,9,10)(H,11,12);;/q;2*+1/p-2/t2-,3-;;/m1../s1. The van der Waals surface area contributed by atoms with Gasteiger partial charge in [0.05, 0.1) is 11.9 Å². The Labute approximate surface area is 164 Å². The average molecular weight is 256 g/mol. The van der Waals surface area contributed by atoms with E-state index in [1.54, 1.807) is 0 Å². The van der Waals surface area contributed by atoms with Crippen LogP contribution in [0, 0.1) is 0 Å². The van der Waals surface area contributed by atoms with Crippen LogP contribution in [0.1, 0.15) is 0 Å². The molecule has 0 saturated heterocycles. The predicted molar refractivity (Wildman–Crippen MR) is 28.0 cm³/mol. The number of hydrogen-bond donors (Lipinski definition) is 3.